The Morgan fingerprint density at radius 3 is 2.63 bits per heavy atom. The molecule has 1 aromatic heterocycles. The fourth-order valence-electron chi connectivity index (χ4n) is 2.70. The van der Waals surface area contributed by atoms with Crippen LogP contribution in [0.5, 0.6) is 0 Å². The Kier molecular flexibility index (Phi) is 6.53. The minimum Gasteiger partial charge on any atom is -0.341 e. The lowest BCUT2D eigenvalue weighted by atomic mass is 10.2. The fourth-order valence-corrected chi connectivity index (χ4v) is 3.84. The maximum absolute atomic E-state index is 12.5. The van der Waals surface area contributed by atoms with Crippen molar-refractivity contribution in [2.45, 2.75) is 25.2 Å². The summed E-state index contributed by atoms with van der Waals surface area (Å²) in [6, 6.07) is 17.5. The Balaban J connectivity index is 1.66. The molecule has 0 bridgehead atoms. The van der Waals surface area contributed by atoms with Gasteiger partial charge in [0.2, 0.25) is 5.91 Å². The molecule has 2 aromatic carbocycles. The molecule has 3 aromatic rings. The van der Waals surface area contributed by atoms with Crippen molar-refractivity contribution in [2.75, 3.05) is 12.8 Å². The largest absolute Gasteiger partial charge is 0.341 e. The van der Waals surface area contributed by atoms with Gasteiger partial charge in [0.1, 0.15) is 0 Å². The first-order valence-corrected chi connectivity index (χ1v) is 10.0. The van der Waals surface area contributed by atoms with Crippen LogP contribution < -0.4 is 0 Å². The van der Waals surface area contributed by atoms with Crippen molar-refractivity contribution in [2.24, 2.45) is 0 Å². The molecule has 7 heteroatoms. The summed E-state index contributed by atoms with van der Waals surface area (Å²) in [7, 11) is 1.82. The van der Waals surface area contributed by atoms with Crippen molar-refractivity contribution in [3.8, 4) is 11.4 Å². The average molecular weight is 401 g/mol. The van der Waals surface area contributed by atoms with E-state index < -0.39 is 0 Å². The highest BCUT2D eigenvalue weighted by atomic mass is 35.5. The highest BCUT2D eigenvalue weighted by molar-refractivity contribution is 7.99. The van der Waals surface area contributed by atoms with Gasteiger partial charge in [-0.1, -0.05) is 65.8 Å². The average Bonchev–Trinajstić information content (AvgIpc) is 3.09. The third-order valence-corrected chi connectivity index (χ3v) is 5.32. The Labute approximate surface area is 168 Å². The number of hydrogen-bond acceptors (Lipinski definition) is 4. The van der Waals surface area contributed by atoms with Crippen molar-refractivity contribution < 1.29 is 4.79 Å². The zero-order chi connectivity index (χ0) is 19.2. The third kappa shape index (κ3) is 4.90. The summed E-state index contributed by atoms with van der Waals surface area (Å²) >= 11 is 7.49. The molecule has 0 fully saturated rings. The number of hydrogen-bond donors (Lipinski definition) is 0. The van der Waals surface area contributed by atoms with Crippen LogP contribution >= 0.6 is 23.4 Å². The summed E-state index contributed by atoms with van der Waals surface area (Å²) in [4.78, 5) is 14.2. The maximum atomic E-state index is 12.5. The second kappa shape index (κ2) is 9.06. The summed E-state index contributed by atoms with van der Waals surface area (Å²) in [5, 5.41) is 9.96. The Bertz CT molecular complexity index is 913. The molecule has 0 radical (unpaired) electrons. The molecule has 1 heterocycles. The summed E-state index contributed by atoms with van der Waals surface area (Å²) < 4.78 is 2.00. The molecule has 3 rings (SSSR count). The van der Waals surface area contributed by atoms with Crippen LogP contribution in [0.25, 0.3) is 11.4 Å². The lowest BCUT2D eigenvalue weighted by Gasteiger charge is -2.17. The monoisotopic (exact) mass is 400 g/mol. The van der Waals surface area contributed by atoms with Crippen LogP contribution in [0.4, 0.5) is 0 Å². The van der Waals surface area contributed by atoms with Crippen LogP contribution in [0.1, 0.15) is 12.5 Å². The highest BCUT2D eigenvalue weighted by Gasteiger charge is 2.16. The van der Waals surface area contributed by atoms with E-state index in [2.05, 4.69) is 10.2 Å². The van der Waals surface area contributed by atoms with Crippen molar-refractivity contribution in [3.63, 3.8) is 0 Å². The van der Waals surface area contributed by atoms with Crippen LogP contribution in [0, 0.1) is 0 Å². The number of rotatable bonds is 7. The fraction of sp³-hybridized carbons (Fsp3) is 0.250. The van der Waals surface area contributed by atoms with Crippen molar-refractivity contribution in [3.05, 3.63) is 65.2 Å². The topological polar surface area (TPSA) is 51.0 Å². The molecule has 5 nitrogen and oxygen atoms in total. The molecule has 0 saturated heterocycles. The first-order chi connectivity index (χ1) is 13.1. The smallest absolute Gasteiger partial charge is 0.233 e. The quantitative estimate of drug-likeness (QED) is 0.552. The Morgan fingerprint density at radius 2 is 1.93 bits per heavy atom. The van der Waals surface area contributed by atoms with Crippen molar-refractivity contribution in [1.29, 1.82) is 0 Å². The number of benzene rings is 2. The molecule has 0 aliphatic carbocycles. The van der Waals surface area contributed by atoms with Crippen LogP contribution in [-0.2, 0) is 17.9 Å². The van der Waals surface area contributed by atoms with Crippen LogP contribution in [0.15, 0.2) is 59.8 Å². The van der Waals surface area contributed by atoms with E-state index in [-0.39, 0.29) is 5.91 Å². The first-order valence-electron chi connectivity index (χ1n) is 8.68. The molecule has 0 spiro atoms. The van der Waals surface area contributed by atoms with Crippen LogP contribution in [0.3, 0.4) is 0 Å². The zero-order valence-electron chi connectivity index (χ0n) is 15.3. The normalized spacial score (nSPS) is 10.8. The lowest BCUT2D eigenvalue weighted by molar-refractivity contribution is -0.127. The summed E-state index contributed by atoms with van der Waals surface area (Å²) in [6.45, 7) is 3.34. The Morgan fingerprint density at radius 1 is 1.15 bits per heavy atom. The second-order valence-electron chi connectivity index (χ2n) is 6.08. The van der Waals surface area contributed by atoms with Gasteiger partial charge in [-0.2, -0.15) is 0 Å². The van der Waals surface area contributed by atoms with Gasteiger partial charge in [0.15, 0.2) is 11.0 Å². The molecule has 0 saturated carbocycles. The first kappa shape index (κ1) is 19.5. The molecule has 0 atom stereocenters. The van der Waals surface area contributed by atoms with Gasteiger partial charge in [-0.3, -0.25) is 4.79 Å². The van der Waals surface area contributed by atoms with Crippen LogP contribution in [-0.4, -0.2) is 38.4 Å². The van der Waals surface area contributed by atoms with Gasteiger partial charge < -0.3 is 9.47 Å². The zero-order valence-corrected chi connectivity index (χ0v) is 16.9. The maximum Gasteiger partial charge on any atom is 0.233 e. The van der Waals surface area contributed by atoms with E-state index in [1.807, 2.05) is 73.1 Å². The predicted octanol–water partition coefficient (Wildman–Crippen LogP) is 4.37. The molecule has 1 amide bonds. The number of amides is 1. The molecule has 0 aliphatic rings. The number of halogens is 1. The van der Waals surface area contributed by atoms with Crippen molar-refractivity contribution >= 4 is 29.3 Å². The number of carbonyl (C=O) groups excluding carboxylic acids is 1. The number of carbonyl (C=O) groups is 1. The third-order valence-electron chi connectivity index (χ3n) is 4.13. The van der Waals surface area contributed by atoms with Gasteiger partial charge in [0.25, 0.3) is 0 Å². The molecule has 0 N–H and O–H groups in total. The standard InChI is InChI=1S/C20H21ClN4OS/c1-3-25-19(16-10-7-11-17(21)12-16)22-23-20(25)27-14-18(26)24(2)13-15-8-5-4-6-9-15/h4-12H,3,13-14H2,1-2H3. The van der Waals surface area contributed by atoms with E-state index in [9.17, 15) is 4.79 Å². The highest BCUT2D eigenvalue weighted by Crippen LogP contribution is 2.26. The molecule has 0 aliphatic heterocycles. The Hall–Kier alpha value is -2.31. The molecular formula is C20H21ClN4OS. The van der Waals surface area contributed by atoms with Gasteiger partial charge >= 0.3 is 0 Å². The van der Waals surface area contributed by atoms with E-state index >= 15 is 0 Å². The second-order valence-corrected chi connectivity index (χ2v) is 7.46. The number of nitrogens with zero attached hydrogens (tertiary/aromatic N) is 4. The van der Waals surface area contributed by atoms with Crippen molar-refractivity contribution in [1.82, 2.24) is 19.7 Å². The lowest BCUT2D eigenvalue weighted by Crippen LogP contribution is -2.27. The van der Waals surface area contributed by atoms with Gasteiger partial charge in [0.05, 0.1) is 5.75 Å². The molecule has 140 valence electrons. The summed E-state index contributed by atoms with van der Waals surface area (Å²) in [6.07, 6.45) is 0. The van der Waals surface area contributed by atoms with Crippen LogP contribution in [0.2, 0.25) is 5.02 Å². The van der Waals surface area contributed by atoms with E-state index in [4.69, 9.17) is 11.6 Å². The van der Waals surface area contributed by atoms with E-state index in [1.54, 1.807) is 4.90 Å². The van der Waals surface area contributed by atoms with Gasteiger partial charge in [-0.05, 0) is 24.6 Å². The molecule has 27 heavy (non-hydrogen) atoms. The molecule has 0 unspecified atom stereocenters. The SMILES string of the molecule is CCn1c(SCC(=O)N(C)Cc2ccccc2)nnc1-c1cccc(Cl)c1. The summed E-state index contributed by atoms with van der Waals surface area (Å²) in [5.74, 6) is 1.13. The molecular weight excluding hydrogens is 380 g/mol. The van der Waals surface area contributed by atoms with Gasteiger partial charge in [-0.15, -0.1) is 10.2 Å². The number of thioether (sulfide) groups is 1. The minimum atomic E-state index is 0.0545. The van der Waals surface area contributed by atoms with Gasteiger partial charge in [0, 0.05) is 30.7 Å². The van der Waals surface area contributed by atoms with E-state index in [0.717, 1.165) is 22.1 Å². The minimum absolute atomic E-state index is 0.0545. The van der Waals surface area contributed by atoms with E-state index in [0.29, 0.717) is 23.9 Å². The summed E-state index contributed by atoms with van der Waals surface area (Å²) in [5.41, 5.74) is 2.02. The van der Waals surface area contributed by atoms with Gasteiger partial charge in [-0.25, -0.2) is 0 Å². The predicted molar refractivity (Wildman–Crippen MR) is 110 cm³/mol. The number of aromatic nitrogens is 3. The van der Waals surface area contributed by atoms with E-state index in [1.165, 1.54) is 11.8 Å².